The second kappa shape index (κ2) is 11.4. The molecular weight excluding hydrogens is 551 g/mol. The maximum Gasteiger partial charge on any atom is 0.253 e. The number of likely N-dealkylation sites (tertiary alicyclic amines) is 1. The molecule has 0 radical (unpaired) electrons. The molecule has 0 N–H and O–H groups in total. The Hall–Kier alpha value is -1.75. The smallest absolute Gasteiger partial charge is 0.253 e. The first-order valence-corrected chi connectivity index (χ1v) is 16.7. The van der Waals surface area contributed by atoms with Crippen LogP contribution in [-0.2, 0) is 5.41 Å². The Morgan fingerprint density at radius 2 is 1.61 bits per heavy atom. The van der Waals surface area contributed by atoms with E-state index in [9.17, 15) is 4.79 Å². The second-order valence-electron chi connectivity index (χ2n) is 14.0. The van der Waals surface area contributed by atoms with Crippen molar-refractivity contribution in [2.75, 3.05) is 46.4 Å². The monoisotopic (exact) mass is 597 g/mol. The number of aryl methyl sites for hydroxylation is 2. The number of benzene rings is 2. The number of piperidine rings is 3. The fourth-order valence-corrected chi connectivity index (χ4v) is 9.54. The van der Waals surface area contributed by atoms with Crippen molar-refractivity contribution in [1.82, 2.24) is 4.90 Å². The number of halogens is 2. The van der Waals surface area contributed by atoms with Gasteiger partial charge in [0.05, 0.1) is 43.3 Å². The number of hydrogen-bond donors (Lipinski definition) is 0. The fourth-order valence-electron chi connectivity index (χ4n) is 9.24. The highest BCUT2D eigenvalue weighted by atomic mass is 35.5. The molecule has 4 aliphatic heterocycles. The zero-order valence-electron chi connectivity index (χ0n) is 25.2. The molecule has 6 heteroatoms. The third-order valence-electron chi connectivity index (χ3n) is 11.9. The van der Waals surface area contributed by atoms with Crippen molar-refractivity contribution in [1.29, 1.82) is 0 Å². The molecule has 222 valence electrons. The van der Waals surface area contributed by atoms with Gasteiger partial charge in [0.25, 0.3) is 5.91 Å². The van der Waals surface area contributed by atoms with Crippen LogP contribution in [0.4, 0.5) is 0 Å². The SMILES string of the molecule is COc1c(C)cc(C(=O)N2CCC(CC[N+]34CCC(C5CCCCC5)(CC3)CC4)(c3ccc(Cl)c(Cl)c3)C2)cc1C. The van der Waals surface area contributed by atoms with Gasteiger partial charge in [-0.2, -0.15) is 0 Å². The molecule has 1 unspecified atom stereocenters. The van der Waals surface area contributed by atoms with Gasteiger partial charge in [0.15, 0.2) is 0 Å². The van der Waals surface area contributed by atoms with Crippen LogP contribution in [-0.4, -0.2) is 61.7 Å². The first-order valence-electron chi connectivity index (χ1n) is 15.9. The lowest BCUT2D eigenvalue weighted by Gasteiger charge is -2.58. The largest absolute Gasteiger partial charge is 0.496 e. The summed E-state index contributed by atoms with van der Waals surface area (Å²) in [5, 5.41) is 1.20. The van der Waals surface area contributed by atoms with E-state index in [4.69, 9.17) is 27.9 Å². The van der Waals surface area contributed by atoms with Gasteiger partial charge >= 0.3 is 0 Å². The minimum atomic E-state index is -0.108. The number of nitrogens with zero attached hydrogens (tertiary/aromatic N) is 2. The van der Waals surface area contributed by atoms with E-state index in [1.807, 2.05) is 32.0 Å². The van der Waals surface area contributed by atoms with Crippen molar-refractivity contribution >= 4 is 29.1 Å². The molecular formula is C35H47Cl2N2O2+. The molecule has 1 saturated carbocycles. The number of fused-ring (bicyclic) bond motifs is 3. The highest BCUT2D eigenvalue weighted by molar-refractivity contribution is 6.42. The summed E-state index contributed by atoms with van der Waals surface area (Å²) in [4.78, 5) is 15.9. The molecule has 1 atom stereocenters. The van der Waals surface area contributed by atoms with Crippen LogP contribution in [0, 0.1) is 25.2 Å². The van der Waals surface area contributed by atoms with Crippen molar-refractivity contribution in [3.8, 4) is 5.75 Å². The molecule has 2 aromatic carbocycles. The van der Waals surface area contributed by atoms with Gasteiger partial charge in [0, 0.05) is 49.8 Å². The average Bonchev–Trinajstić information content (AvgIpc) is 3.44. The Labute approximate surface area is 256 Å². The van der Waals surface area contributed by atoms with Gasteiger partial charge in [-0.3, -0.25) is 4.79 Å². The molecule has 2 bridgehead atoms. The summed E-state index contributed by atoms with van der Waals surface area (Å²) in [5.41, 5.74) is 4.50. The third kappa shape index (κ3) is 5.43. The van der Waals surface area contributed by atoms with Crippen LogP contribution in [0.1, 0.15) is 91.3 Å². The summed E-state index contributed by atoms with van der Waals surface area (Å²) in [6.45, 7) is 10.7. The highest BCUT2D eigenvalue weighted by Gasteiger charge is 2.53. The van der Waals surface area contributed by atoms with Crippen molar-refractivity contribution in [2.24, 2.45) is 11.3 Å². The summed E-state index contributed by atoms with van der Waals surface area (Å²) >= 11 is 12.9. The van der Waals surface area contributed by atoms with E-state index >= 15 is 0 Å². The van der Waals surface area contributed by atoms with E-state index in [0.29, 0.717) is 15.5 Å². The Morgan fingerprint density at radius 1 is 0.951 bits per heavy atom. The van der Waals surface area contributed by atoms with Crippen molar-refractivity contribution in [3.05, 3.63) is 62.6 Å². The van der Waals surface area contributed by atoms with Crippen LogP contribution in [0.3, 0.4) is 0 Å². The predicted molar refractivity (Wildman–Crippen MR) is 168 cm³/mol. The Morgan fingerprint density at radius 3 is 2.22 bits per heavy atom. The molecule has 4 saturated heterocycles. The van der Waals surface area contributed by atoms with Gasteiger partial charge in [-0.25, -0.2) is 0 Å². The van der Waals surface area contributed by atoms with Crippen LogP contribution >= 0.6 is 23.2 Å². The van der Waals surface area contributed by atoms with Gasteiger partial charge in [0.2, 0.25) is 0 Å². The van der Waals surface area contributed by atoms with Crippen LogP contribution in [0.5, 0.6) is 5.75 Å². The van der Waals surface area contributed by atoms with Crippen molar-refractivity contribution < 1.29 is 14.0 Å². The van der Waals surface area contributed by atoms with Crippen LogP contribution in [0.15, 0.2) is 30.3 Å². The molecule has 1 amide bonds. The van der Waals surface area contributed by atoms with E-state index in [1.54, 1.807) is 7.11 Å². The number of hydrogen-bond acceptors (Lipinski definition) is 2. The zero-order valence-corrected chi connectivity index (χ0v) is 26.8. The number of quaternary nitrogens is 1. The lowest BCUT2D eigenvalue weighted by Crippen LogP contribution is -2.64. The van der Waals surface area contributed by atoms with Gasteiger partial charge < -0.3 is 14.1 Å². The highest BCUT2D eigenvalue weighted by Crippen LogP contribution is 2.53. The maximum absolute atomic E-state index is 13.8. The molecule has 5 fully saturated rings. The molecule has 1 aliphatic carbocycles. The summed E-state index contributed by atoms with van der Waals surface area (Å²) < 4.78 is 6.82. The fraction of sp³-hybridized carbons (Fsp3) is 0.629. The van der Waals surface area contributed by atoms with E-state index < -0.39 is 0 Å². The Kier molecular flexibility index (Phi) is 8.15. The van der Waals surface area contributed by atoms with E-state index in [2.05, 4.69) is 17.0 Å². The molecule has 2 aromatic rings. The zero-order chi connectivity index (χ0) is 28.8. The van der Waals surface area contributed by atoms with E-state index in [1.165, 1.54) is 87.6 Å². The average molecular weight is 599 g/mol. The third-order valence-corrected chi connectivity index (χ3v) is 12.6. The van der Waals surface area contributed by atoms with Gasteiger partial charge in [0.1, 0.15) is 5.75 Å². The molecule has 4 nitrogen and oxygen atoms in total. The second-order valence-corrected chi connectivity index (χ2v) is 14.8. The molecule has 4 heterocycles. The minimum Gasteiger partial charge on any atom is -0.496 e. The summed E-state index contributed by atoms with van der Waals surface area (Å²) in [6, 6.07) is 10.1. The number of amides is 1. The first kappa shape index (κ1) is 29.3. The number of ether oxygens (including phenoxy) is 1. The quantitative estimate of drug-likeness (QED) is 0.300. The number of methoxy groups -OCH3 is 1. The van der Waals surface area contributed by atoms with Gasteiger partial charge in [-0.05, 0) is 85.4 Å². The van der Waals surface area contributed by atoms with Crippen molar-refractivity contribution in [2.45, 2.75) is 83.5 Å². The number of rotatable bonds is 7. The molecule has 0 spiro atoms. The standard InChI is InChI=1S/C35H47Cl2N2O2/c1-25-21-27(22-26(2)32(25)41-3)33(40)38-16-11-35(24-38,29-9-10-30(36)31(37)23-29)15-20-39-17-12-34(13-18-39,14-19-39)28-7-5-4-6-8-28/h9-10,21-23,28H,4-8,11-20,24H2,1-3H3/q+1. The Balaban J connectivity index is 1.21. The number of carbonyl (C=O) groups excluding carboxylic acids is 1. The maximum atomic E-state index is 13.8. The molecule has 5 aliphatic rings. The molecule has 7 rings (SSSR count). The summed E-state index contributed by atoms with van der Waals surface area (Å²) in [6.07, 6.45) is 13.6. The Bertz CT molecular complexity index is 1260. The lowest BCUT2D eigenvalue weighted by atomic mass is 9.59. The molecule has 0 aromatic heterocycles. The lowest BCUT2D eigenvalue weighted by molar-refractivity contribution is -0.946. The topological polar surface area (TPSA) is 29.5 Å². The van der Waals surface area contributed by atoms with Crippen LogP contribution in [0.2, 0.25) is 10.0 Å². The number of carbonyl (C=O) groups is 1. The van der Waals surface area contributed by atoms with Crippen molar-refractivity contribution in [3.63, 3.8) is 0 Å². The van der Waals surface area contributed by atoms with E-state index in [0.717, 1.165) is 54.3 Å². The van der Waals surface area contributed by atoms with E-state index in [-0.39, 0.29) is 11.3 Å². The predicted octanol–water partition coefficient (Wildman–Crippen LogP) is 8.37. The normalized spacial score (nSPS) is 30.1. The van der Waals surface area contributed by atoms with Gasteiger partial charge in [-0.15, -0.1) is 0 Å². The van der Waals surface area contributed by atoms with Gasteiger partial charge in [-0.1, -0.05) is 48.5 Å². The minimum absolute atomic E-state index is 0.108. The summed E-state index contributed by atoms with van der Waals surface area (Å²) in [5.74, 6) is 1.94. The van der Waals surface area contributed by atoms with Crippen LogP contribution < -0.4 is 4.74 Å². The van der Waals surface area contributed by atoms with Crippen LogP contribution in [0.25, 0.3) is 0 Å². The first-order chi connectivity index (χ1) is 19.7. The summed E-state index contributed by atoms with van der Waals surface area (Å²) in [7, 11) is 1.69. The molecule has 41 heavy (non-hydrogen) atoms.